The summed E-state index contributed by atoms with van der Waals surface area (Å²) in [6.45, 7) is 2.39. The lowest BCUT2D eigenvalue weighted by Gasteiger charge is -2.36. The Balaban J connectivity index is 1.51. The van der Waals surface area contributed by atoms with Crippen molar-refractivity contribution in [2.24, 2.45) is 4.99 Å². The summed E-state index contributed by atoms with van der Waals surface area (Å²) in [5, 5.41) is 4.79. The van der Waals surface area contributed by atoms with E-state index in [1.807, 2.05) is 24.3 Å². The molecule has 6 rings (SSSR count). The van der Waals surface area contributed by atoms with Crippen molar-refractivity contribution in [1.82, 2.24) is 25.3 Å². The van der Waals surface area contributed by atoms with Crippen molar-refractivity contribution in [3.05, 3.63) is 99.0 Å². The normalized spacial score (nSPS) is 20.0. The summed E-state index contributed by atoms with van der Waals surface area (Å²) in [6.07, 6.45) is 0.970. The molecule has 3 aliphatic rings. The van der Waals surface area contributed by atoms with Crippen molar-refractivity contribution in [2.45, 2.75) is 24.3 Å². The van der Waals surface area contributed by atoms with Crippen LogP contribution in [0.5, 0.6) is 5.75 Å². The van der Waals surface area contributed by atoms with Gasteiger partial charge in [0.1, 0.15) is 24.2 Å². The molecular formula is C35H36Cl2N6O7S. The minimum atomic E-state index is -4.03. The number of carbonyl (C=O) groups excluding carboxylic acids is 4. The highest BCUT2D eigenvalue weighted by Crippen LogP contribution is 2.46. The lowest BCUT2D eigenvalue weighted by Crippen LogP contribution is -2.55. The molecule has 13 nitrogen and oxygen atoms in total. The summed E-state index contributed by atoms with van der Waals surface area (Å²) in [5.74, 6) is -1.01. The second-order valence-electron chi connectivity index (χ2n) is 12.4. The number of piperazine rings is 2. The Bertz CT molecular complexity index is 1990. The average molecular weight is 756 g/mol. The average Bonchev–Trinajstić information content (AvgIpc) is 3.48. The summed E-state index contributed by atoms with van der Waals surface area (Å²) in [4.78, 5) is 62.2. The van der Waals surface area contributed by atoms with Crippen LogP contribution in [0, 0.1) is 0 Å². The van der Waals surface area contributed by atoms with Gasteiger partial charge in [-0.3, -0.25) is 24.3 Å². The molecule has 3 aromatic rings. The van der Waals surface area contributed by atoms with E-state index in [9.17, 15) is 27.6 Å². The van der Waals surface area contributed by atoms with Crippen LogP contribution in [-0.4, -0.2) is 105 Å². The number of nitrogens with zero attached hydrogens (tertiary/aromatic N) is 4. The van der Waals surface area contributed by atoms with E-state index >= 15 is 0 Å². The van der Waals surface area contributed by atoms with Gasteiger partial charge in [0.25, 0.3) is 0 Å². The maximum atomic E-state index is 14.6. The van der Waals surface area contributed by atoms with Crippen LogP contribution in [0.4, 0.5) is 4.79 Å². The fourth-order valence-electron chi connectivity index (χ4n) is 6.54. The molecule has 5 amide bonds. The quantitative estimate of drug-likeness (QED) is 0.356. The molecule has 268 valence electrons. The van der Waals surface area contributed by atoms with Crippen LogP contribution in [-0.2, 0) is 24.2 Å². The maximum absolute atomic E-state index is 14.6. The van der Waals surface area contributed by atoms with E-state index < -0.39 is 39.1 Å². The summed E-state index contributed by atoms with van der Waals surface area (Å²) < 4.78 is 32.4. The van der Waals surface area contributed by atoms with Crippen LogP contribution in [0.3, 0.4) is 0 Å². The molecule has 1 unspecified atom stereocenters. The third-order valence-corrected chi connectivity index (χ3v) is 10.7. The SMILES string of the molecule is CCOc1cc(C(C(=O)N2CCNC(=O)C2)S(C)(=O)=O)ccc1C1=N[C@@H](c2ccc(Cl)cc2)[C@@H](c2ccc(Cl)cc2)N1C(=O)N1CCNC(=O)C1. The highest BCUT2D eigenvalue weighted by atomic mass is 35.5. The van der Waals surface area contributed by atoms with Gasteiger partial charge in [0.15, 0.2) is 15.1 Å². The number of rotatable bonds is 8. The van der Waals surface area contributed by atoms with Gasteiger partial charge in [-0.1, -0.05) is 53.5 Å². The van der Waals surface area contributed by atoms with E-state index in [1.165, 1.54) is 26.8 Å². The van der Waals surface area contributed by atoms with Crippen molar-refractivity contribution in [2.75, 3.05) is 52.1 Å². The van der Waals surface area contributed by atoms with Gasteiger partial charge in [0.2, 0.25) is 17.7 Å². The van der Waals surface area contributed by atoms with Gasteiger partial charge in [-0.05, 0) is 60.0 Å². The first-order chi connectivity index (χ1) is 24.3. The summed E-state index contributed by atoms with van der Waals surface area (Å²) in [5.41, 5.74) is 1.97. The van der Waals surface area contributed by atoms with E-state index in [0.29, 0.717) is 15.6 Å². The molecule has 0 aliphatic carbocycles. The second kappa shape index (κ2) is 14.9. The van der Waals surface area contributed by atoms with Crippen molar-refractivity contribution >= 4 is 62.6 Å². The Morgan fingerprint density at radius 3 is 2.02 bits per heavy atom. The Kier molecular flexibility index (Phi) is 10.6. The van der Waals surface area contributed by atoms with Gasteiger partial charge in [-0.2, -0.15) is 0 Å². The highest BCUT2D eigenvalue weighted by molar-refractivity contribution is 7.91. The third kappa shape index (κ3) is 7.67. The van der Waals surface area contributed by atoms with E-state index in [2.05, 4.69) is 10.6 Å². The molecular weight excluding hydrogens is 719 g/mol. The van der Waals surface area contributed by atoms with Crippen molar-refractivity contribution < 1.29 is 32.3 Å². The van der Waals surface area contributed by atoms with E-state index in [4.69, 9.17) is 32.9 Å². The Morgan fingerprint density at radius 2 is 1.45 bits per heavy atom. The van der Waals surface area contributed by atoms with Crippen LogP contribution in [0.1, 0.15) is 46.5 Å². The molecule has 0 bridgehead atoms. The summed E-state index contributed by atoms with van der Waals surface area (Å²) in [6, 6.07) is 16.9. The monoisotopic (exact) mass is 754 g/mol. The molecule has 2 N–H and O–H groups in total. The molecule has 3 aromatic carbocycles. The predicted molar refractivity (Wildman–Crippen MR) is 192 cm³/mol. The fourth-order valence-corrected chi connectivity index (χ4v) is 7.94. The Hall–Kier alpha value is -4.66. The zero-order chi connectivity index (χ0) is 36.4. The van der Waals surface area contributed by atoms with E-state index in [1.54, 1.807) is 37.3 Å². The number of hydrogen-bond acceptors (Lipinski definition) is 8. The smallest absolute Gasteiger partial charge is 0.326 e. The molecule has 0 aromatic heterocycles. The van der Waals surface area contributed by atoms with E-state index in [0.717, 1.165) is 17.4 Å². The Morgan fingerprint density at radius 1 is 0.882 bits per heavy atom. The molecule has 3 atom stereocenters. The number of carbonyl (C=O) groups is 4. The van der Waals surface area contributed by atoms with E-state index in [-0.39, 0.29) is 74.8 Å². The zero-order valence-electron chi connectivity index (χ0n) is 27.8. The van der Waals surface area contributed by atoms with Crippen LogP contribution in [0.2, 0.25) is 10.0 Å². The largest absolute Gasteiger partial charge is 0.493 e. The molecule has 0 spiro atoms. The van der Waals surface area contributed by atoms with Crippen LogP contribution in [0.15, 0.2) is 71.7 Å². The molecule has 51 heavy (non-hydrogen) atoms. The zero-order valence-corrected chi connectivity index (χ0v) is 30.2. The van der Waals surface area contributed by atoms with Crippen LogP contribution < -0.4 is 15.4 Å². The molecule has 0 radical (unpaired) electrons. The van der Waals surface area contributed by atoms with Crippen LogP contribution in [0.25, 0.3) is 0 Å². The number of hydrogen-bond donors (Lipinski definition) is 2. The molecule has 2 saturated heterocycles. The lowest BCUT2D eigenvalue weighted by molar-refractivity contribution is -0.138. The number of sulfone groups is 1. The van der Waals surface area contributed by atoms with Gasteiger partial charge in [0, 0.05) is 42.5 Å². The molecule has 3 heterocycles. The molecule has 2 fully saturated rings. The number of benzene rings is 3. The first-order valence-corrected chi connectivity index (χ1v) is 19.0. The standard InChI is InChI=1S/C35H36Cl2N6O7S/c1-3-50-27-18-23(32(51(2,48)49)34(46)41-16-14-38-28(44)19-41)8-13-26(27)33-40-30(21-4-9-24(36)10-5-21)31(22-6-11-25(37)12-7-22)43(33)35(47)42-17-15-39-29(45)20-42/h4-13,18,30-32H,3,14-17,19-20H2,1-2H3,(H,38,44)(H,39,45)/t30-,31+,32?/m0/s1. The number of ether oxygens (including phenoxy) is 1. The van der Waals surface area contributed by atoms with Crippen molar-refractivity contribution in [3.63, 3.8) is 0 Å². The van der Waals surface area contributed by atoms with Gasteiger partial charge >= 0.3 is 6.03 Å². The molecule has 3 aliphatic heterocycles. The van der Waals surface area contributed by atoms with Gasteiger partial charge in [0.05, 0.1) is 24.8 Å². The van der Waals surface area contributed by atoms with Crippen molar-refractivity contribution in [3.8, 4) is 5.75 Å². The number of amides is 5. The third-order valence-electron chi connectivity index (χ3n) is 8.86. The second-order valence-corrected chi connectivity index (χ2v) is 15.4. The molecule has 16 heteroatoms. The minimum absolute atomic E-state index is 0.133. The first-order valence-electron chi connectivity index (χ1n) is 16.3. The summed E-state index contributed by atoms with van der Waals surface area (Å²) >= 11 is 12.5. The number of nitrogens with one attached hydrogen (secondary N) is 2. The van der Waals surface area contributed by atoms with Gasteiger partial charge in [-0.25, -0.2) is 13.2 Å². The highest BCUT2D eigenvalue weighted by Gasteiger charge is 2.45. The topological polar surface area (TPSA) is 158 Å². The minimum Gasteiger partial charge on any atom is -0.493 e. The van der Waals surface area contributed by atoms with Crippen molar-refractivity contribution in [1.29, 1.82) is 0 Å². The van der Waals surface area contributed by atoms with Gasteiger partial charge in [-0.15, -0.1) is 0 Å². The number of halogens is 2. The molecule has 0 saturated carbocycles. The fraction of sp³-hybridized carbons (Fsp3) is 0.343. The lowest BCUT2D eigenvalue weighted by atomic mass is 9.93. The van der Waals surface area contributed by atoms with Crippen LogP contribution >= 0.6 is 23.2 Å². The Labute approximate surface area is 305 Å². The number of urea groups is 1. The number of amidine groups is 1. The van der Waals surface area contributed by atoms with Gasteiger partial charge < -0.3 is 25.2 Å². The maximum Gasteiger partial charge on any atom is 0.326 e. The number of aliphatic imine (C=N–C) groups is 1. The summed E-state index contributed by atoms with van der Waals surface area (Å²) in [7, 11) is -4.03. The first kappa shape index (κ1) is 36.1. The predicted octanol–water partition coefficient (Wildman–Crippen LogP) is 3.53.